The number of anilines is 1. The van der Waals surface area contributed by atoms with E-state index >= 15 is 0 Å². The Balaban J connectivity index is 0.00000144. The van der Waals surface area contributed by atoms with E-state index < -0.39 is 5.12 Å². The van der Waals surface area contributed by atoms with Crippen molar-refractivity contribution in [2.75, 3.05) is 31.1 Å². The van der Waals surface area contributed by atoms with Gasteiger partial charge in [0.05, 0.1) is 0 Å². The van der Waals surface area contributed by atoms with Crippen molar-refractivity contribution in [2.24, 2.45) is 0 Å². The first-order valence-electron chi connectivity index (χ1n) is 7.49. The second-order valence-corrected chi connectivity index (χ2v) is 5.90. The van der Waals surface area contributed by atoms with Crippen molar-refractivity contribution in [2.45, 2.75) is 18.0 Å². The highest BCUT2D eigenvalue weighted by atomic mass is 35.5. The van der Waals surface area contributed by atoms with Gasteiger partial charge >= 0.3 is 0 Å². The monoisotopic (exact) mass is 391 g/mol. The number of hydrogen-bond donors (Lipinski definition) is 0. The quantitative estimate of drug-likeness (QED) is 0.578. The highest BCUT2D eigenvalue weighted by Crippen LogP contribution is 2.32. The van der Waals surface area contributed by atoms with Crippen LogP contribution < -0.4 is 4.90 Å². The summed E-state index contributed by atoms with van der Waals surface area (Å²) < 4.78 is 1.83. The maximum Gasteiger partial charge on any atom is 0.225 e. The summed E-state index contributed by atoms with van der Waals surface area (Å²) in [5.74, 6) is 0.776. The van der Waals surface area contributed by atoms with E-state index in [0.29, 0.717) is 0 Å². The van der Waals surface area contributed by atoms with Crippen LogP contribution in [0.2, 0.25) is 0 Å². The molecule has 3 heterocycles. The smallest absolute Gasteiger partial charge is 0.225 e. The van der Waals surface area contributed by atoms with Crippen molar-refractivity contribution >= 4 is 42.4 Å². The van der Waals surface area contributed by atoms with Crippen molar-refractivity contribution in [3.05, 3.63) is 43.8 Å². The molecule has 0 bridgehead atoms. The van der Waals surface area contributed by atoms with Gasteiger partial charge in [0.1, 0.15) is 0 Å². The van der Waals surface area contributed by atoms with Crippen LogP contribution in [0.3, 0.4) is 0 Å². The zero-order valence-corrected chi connectivity index (χ0v) is 15.7. The molecule has 0 amide bonds. The molecule has 0 aliphatic carbocycles. The second-order valence-electron chi connectivity index (χ2n) is 5.30. The summed E-state index contributed by atoms with van der Waals surface area (Å²) in [7, 11) is 0. The average molecular weight is 393 g/mol. The van der Waals surface area contributed by atoms with Gasteiger partial charge < -0.3 is 4.90 Å². The third-order valence-corrected chi connectivity index (χ3v) is 4.55. The van der Waals surface area contributed by atoms with Gasteiger partial charge in [-0.05, 0) is 18.6 Å². The molecule has 2 aromatic heterocycles. The first-order chi connectivity index (χ1) is 10.7. The number of rotatable bonds is 5. The Bertz CT molecular complexity index is 574. The van der Waals surface area contributed by atoms with Gasteiger partial charge in [-0.25, -0.2) is 14.6 Å². The minimum atomic E-state index is -0.644. The molecule has 9 heteroatoms. The Kier molecular flexibility index (Phi) is 8.22. The van der Waals surface area contributed by atoms with E-state index in [1.165, 1.54) is 0 Å². The molecule has 1 aliphatic heterocycles. The molecule has 133 valence electrons. The Labute approximate surface area is 160 Å². The van der Waals surface area contributed by atoms with Gasteiger partial charge in [0.15, 0.2) is 5.12 Å². The molecule has 0 aromatic carbocycles. The van der Waals surface area contributed by atoms with Crippen LogP contribution in [0, 0.1) is 6.92 Å². The van der Waals surface area contributed by atoms with Gasteiger partial charge in [-0.2, -0.15) is 5.10 Å². The van der Waals surface area contributed by atoms with Crippen LogP contribution in [0.4, 0.5) is 5.95 Å². The van der Waals surface area contributed by atoms with Gasteiger partial charge in [0, 0.05) is 57.4 Å². The van der Waals surface area contributed by atoms with Crippen LogP contribution in [0.1, 0.15) is 12.8 Å². The zero-order valence-electron chi connectivity index (χ0n) is 13.3. The highest BCUT2D eigenvalue weighted by Gasteiger charge is 2.38. The van der Waals surface area contributed by atoms with E-state index in [-0.39, 0.29) is 24.8 Å². The van der Waals surface area contributed by atoms with Crippen LogP contribution in [-0.2, 0) is 5.12 Å². The maximum atomic E-state index is 6.92. The average Bonchev–Trinajstić information content (AvgIpc) is 3.11. The highest BCUT2D eigenvalue weighted by molar-refractivity contribution is 6.21. The maximum absolute atomic E-state index is 6.92. The normalized spacial score (nSPS) is 17.5. The molecule has 3 rings (SSSR count). The number of aromatic nitrogens is 4. The van der Waals surface area contributed by atoms with Crippen LogP contribution in [0.25, 0.3) is 0 Å². The fourth-order valence-electron chi connectivity index (χ4n) is 2.82. The first kappa shape index (κ1) is 21.0. The van der Waals surface area contributed by atoms with Crippen LogP contribution in [0.15, 0.2) is 36.9 Å². The van der Waals surface area contributed by atoms with Gasteiger partial charge in [0.2, 0.25) is 5.95 Å². The van der Waals surface area contributed by atoms with Crippen molar-refractivity contribution in [3.63, 3.8) is 0 Å². The number of nitrogens with zero attached hydrogens (tertiary/aromatic N) is 6. The van der Waals surface area contributed by atoms with Crippen LogP contribution in [0.5, 0.6) is 0 Å². The van der Waals surface area contributed by atoms with E-state index in [1.54, 1.807) is 18.6 Å². The van der Waals surface area contributed by atoms with Gasteiger partial charge in [-0.3, -0.25) is 4.90 Å². The molecule has 0 spiro atoms. The molecule has 0 saturated carbocycles. The van der Waals surface area contributed by atoms with Crippen LogP contribution in [-0.4, -0.2) is 50.8 Å². The number of piperazine rings is 1. The van der Waals surface area contributed by atoms with Crippen molar-refractivity contribution in [1.82, 2.24) is 24.6 Å². The standard InChI is InChI=1S/C15H20ClN6.2ClH/c1-2-5-15(16,22-9-4-8-19-22)21-12-10-20(11-13-21)14-17-6-3-7-18-14;;/h3-4,6-9H,1-2,5,10-13H2;2*1H. The van der Waals surface area contributed by atoms with E-state index in [1.807, 2.05) is 23.0 Å². The number of alkyl halides is 1. The van der Waals surface area contributed by atoms with E-state index in [2.05, 4.69) is 31.8 Å². The molecule has 24 heavy (non-hydrogen) atoms. The molecule has 1 radical (unpaired) electrons. The fourth-order valence-corrected chi connectivity index (χ4v) is 3.22. The van der Waals surface area contributed by atoms with Gasteiger partial charge in [-0.1, -0.05) is 18.5 Å². The molecule has 6 nitrogen and oxygen atoms in total. The van der Waals surface area contributed by atoms with E-state index in [4.69, 9.17) is 11.6 Å². The summed E-state index contributed by atoms with van der Waals surface area (Å²) in [6.45, 7) is 7.31. The van der Waals surface area contributed by atoms with E-state index in [0.717, 1.165) is 45.0 Å². The lowest BCUT2D eigenvalue weighted by Crippen LogP contribution is -2.56. The van der Waals surface area contributed by atoms with Gasteiger partial charge in [0.25, 0.3) is 0 Å². The predicted octanol–water partition coefficient (Wildman–Crippen LogP) is 2.80. The topological polar surface area (TPSA) is 50.1 Å². The molecule has 1 aliphatic rings. The third kappa shape index (κ3) is 4.30. The largest absolute Gasteiger partial charge is 0.338 e. The van der Waals surface area contributed by atoms with Crippen molar-refractivity contribution in [1.29, 1.82) is 0 Å². The lowest BCUT2D eigenvalue weighted by Gasteiger charge is -2.44. The lowest BCUT2D eigenvalue weighted by atomic mass is 10.2. The lowest BCUT2D eigenvalue weighted by molar-refractivity contribution is 0.0702. The summed E-state index contributed by atoms with van der Waals surface area (Å²) in [6, 6.07) is 3.73. The Morgan fingerprint density at radius 3 is 2.25 bits per heavy atom. The predicted molar refractivity (Wildman–Crippen MR) is 101 cm³/mol. The molecule has 1 saturated heterocycles. The molecule has 1 unspecified atom stereocenters. The SMILES string of the molecule is Cl.Cl.[CH2]CCC(Cl)(N1CCN(c2ncccn2)CC1)n1cccn1. The number of hydrogen-bond acceptors (Lipinski definition) is 5. The molecule has 1 atom stereocenters. The third-order valence-electron chi connectivity index (χ3n) is 3.95. The fraction of sp³-hybridized carbons (Fsp3) is 0.467. The molecular weight excluding hydrogens is 371 g/mol. The zero-order chi connectivity index (χ0) is 15.4. The summed E-state index contributed by atoms with van der Waals surface area (Å²) >= 11 is 6.92. The van der Waals surface area contributed by atoms with Crippen molar-refractivity contribution in [3.8, 4) is 0 Å². The first-order valence-corrected chi connectivity index (χ1v) is 7.87. The summed E-state index contributed by atoms with van der Waals surface area (Å²) in [5.41, 5.74) is 0. The minimum absolute atomic E-state index is 0. The molecule has 2 aromatic rings. The van der Waals surface area contributed by atoms with Gasteiger partial charge in [-0.15, -0.1) is 24.8 Å². The minimum Gasteiger partial charge on any atom is -0.338 e. The second kappa shape index (κ2) is 9.42. The van der Waals surface area contributed by atoms with Crippen LogP contribution >= 0.6 is 36.4 Å². The molecule has 1 fully saturated rings. The summed E-state index contributed by atoms with van der Waals surface area (Å²) in [4.78, 5) is 13.1. The summed E-state index contributed by atoms with van der Waals surface area (Å²) in [5, 5.41) is 3.69. The Morgan fingerprint density at radius 2 is 1.71 bits per heavy atom. The Hall–Kier alpha value is -1.08. The van der Waals surface area contributed by atoms with E-state index in [9.17, 15) is 0 Å². The van der Waals surface area contributed by atoms with Crippen molar-refractivity contribution < 1.29 is 0 Å². The molecular formula is C15H22Cl3N6. The Morgan fingerprint density at radius 1 is 1.04 bits per heavy atom. The summed E-state index contributed by atoms with van der Waals surface area (Å²) in [6.07, 6.45) is 8.72. The molecule has 0 N–H and O–H groups in total. The number of halogens is 3.